The molecule has 2 N–H and O–H groups in total. The first-order chi connectivity index (χ1) is 9.81. The summed E-state index contributed by atoms with van der Waals surface area (Å²) in [4.78, 5) is 37.8. The zero-order valence-corrected chi connectivity index (χ0v) is 13.5. The molecule has 1 atom stereocenters. The lowest BCUT2D eigenvalue weighted by Crippen LogP contribution is -2.53. The van der Waals surface area contributed by atoms with Crippen molar-refractivity contribution in [3.05, 3.63) is 0 Å². The van der Waals surface area contributed by atoms with Crippen LogP contribution in [0.5, 0.6) is 0 Å². The number of likely N-dealkylation sites (N-methyl/N-ethyl adjacent to an activating group) is 1. The van der Waals surface area contributed by atoms with E-state index in [2.05, 4.69) is 5.32 Å². The summed E-state index contributed by atoms with van der Waals surface area (Å²) >= 11 is 1.65. The molecule has 8 heteroatoms. The summed E-state index contributed by atoms with van der Waals surface area (Å²) in [6.45, 7) is 4.19. The second-order valence-electron chi connectivity index (χ2n) is 5.38. The van der Waals surface area contributed by atoms with Gasteiger partial charge in [0.05, 0.1) is 12.5 Å². The van der Waals surface area contributed by atoms with E-state index in [9.17, 15) is 14.4 Å². The number of thioether (sulfide) groups is 1. The van der Waals surface area contributed by atoms with E-state index in [0.717, 1.165) is 5.75 Å². The van der Waals surface area contributed by atoms with Gasteiger partial charge in [0.25, 0.3) is 0 Å². The van der Waals surface area contributed by atoms with Gasteiger partial charge in [-0.05, 0) is 13.8 Å². The fourth-order valence-electron chi connectivity index (χ4n) is 2.15. The molecule has 1 heterocycles. The van der Waals surface area contributed by atoms with E-state index in [0.29, 0.717) is 12.3 Å². The predicted octanol–water partition coefficient (Wildman–Crippen LogP) is 0.455. The van der Waals surface area contributed by atoms with Crippen LogP contribution < -0.4 is 5.32 Å². The third kappa shape index (κ3) is 5.82. The summed E-state index contributed by atoms with van der Waals surface area (Å²) in [6, 6.07) is -0.586. The molecule has 1 aliphatic rings. The van der Waals surface area contributed by atoms with Crippen LogP contribution in [0.1, 0.15) is 20.3 Å². The maximum Gasteiger partial charge on any atom is 0.320 e. The lowest BCUT2D eigenvalue weighted by molar-refractivity contribution is -0.138. The van der Waals surface area contributed by atoms with Crippen molar-refractivity contribution in [2.45, 2.75) is 32.4 Å². The molecule has 0 aliphatic carbocycles. The predicted molar refractivity (Wildman–Crippen MR) is 81.4 cm³/mol. The average molecular weight is 317 g/mol. The van der Waals surface area contributed by atoms with Gasteiger partial charge < -0.3 is 20.2 Å². The molecule has 0 aromatic rings. The lowest BCUT2D eigenvalue weighted by atomic mass is 10.2. The van der Waals surface area contributed by atoms with Crippen molar-refractivity contribution in [1.29, 1.82) is 0 Å². The number of nitrogens with zero attached hydrogens (tertiary/aromatic N) is 2. The van der Waals surface area contributed by atoms with Crippen molar-refractivity contribution < 1.29 is 19.5 Å². The van der Waals surface area contributed by atoms with Crippen molar-refractivity contribution in [2.75, 3.05) is 31.6 Å². The van der Waals surface area contributed by atoms with Crippen molar-refractivity contribution in [3.8, 4) is 0 Å². The van der Waals surface area contributed by atoms with E-state index in [4.69, 9.17) is 5.11 Å². The molecule has 3 amide bonds. The number of rotatable bonds is 5. The van der Waals surface area contributed by atoms with Gasteiger partial charge in [-0.15, -0.1) is 0 Å². The summed E-state index contributed by atoms with van der Waals surface area (Å²) in [5.41, 5.74) is 0. The quantitative estimate of drug-likeness (QED) is 0.768. The Bertz CT molecular complexity index is 403. The molecule has 21 heavy (non-hydrogen) atoms. The Morgan fingerprint density at radius 1 is 1.43 bits per heavy atom. The Morgan fingerprint density at radius 2 is 2.10 bits per heavy atom. The van der Waals surface area contributed by atoms with Gasteiger partial charge >= 0.3 is 12.0 Å². The Balaban J connectivity index is 2.61. The highest BCUT2D eigenvalue weighted by molar-refractivity contribution is 7.99. The molecule has 0 radical (unpaired) electrons. The number of carboxylic acids is 1. The van der Waals surface area contributed by atoms with Crippen LogP contribution in [0.2, 0.25) is 0 Å². The number of amides is 3. The second-order valence-corrected chi connectivity index (χ2v) is 6.53. The maximum absolute atomic E-state index is 12.4. The summed E-state index contributed by atoms with van der Waals surface area (Å²) in [5, 5.41) is 11.6. The molecule has 1 rings (SSSR count). The van der Waals surface area contributed by atoms with Gasteiger partial charge in [0.2, 0.25) is 5.91 Å². The summed E-state index contributed by atoms with van der Waals surface area (Å²) in [5.74, 6) is 0.264. The molecular formula is C13H23N3O4S. The first kappa shape index (κ1) is 17.6. The van der Waals surface area contributed by atoms with E-state index in [1.165, 1.54) is 4.90 Å². The molecule has 0 aromatic heterocycles. The van der Waals surface area contributed by atoms with Crippen LogP contribution >= 0.6 is 11.8 Å². The molecule has 1 fully saturated rings. The molecule has 7 nitrogen and oxygen atoms in total. The normalized spacial score (nSPS) is 18.5. The van der Waals surface area contributed by atoms with Gasteiger partial charge in [-0.2, -0.15) is 11.8 Å². The Hall–Kier alpha value is -1.44. The molecule has 1 saturated heterocycles. The molecule has 1 aliphatic heterocycles. The van der Waals surface area contributed by atoms with Gasteiger partial charge in [-0.25, -0.2) is 4.79 Å². The maximum atomic E-state index is 12.4. The standard InChI is InChI=1S/C13H23N3O4S/c1-9(2)14-11(17)7-15(3)13(20)16-4-5-21-8-10(16)6-12(18)19/h9-10H,4-8H2,1-3H3,(H,14,17)(H,18,19). The number of carbonyl (C=O) groups is 3. The third-order valence-electron chi connectivity index (χ3n) is 3.04. The summed E-state index contributed by atoms with van der Waals surface area (Å²) in [7, 11) is 1.56. The van der Waals surface area contributed by atoms with Crippen molar-refractivity contribution in [2.24, 2.45) is 0 Å². The first-order valence-corrected chi connectivity index (χ1v) is 8.07. The second kappa shape index (κ2) is 8.11. The van der Waals surface area contributed by atoms with Gasteiger partial charge in [-0.1, -0.05) is 0 Å². The van der Waals surface area contributed by atoms with Gasteiger partial charge in [0.15, 0.2) is 0 Å². The molecule has 0 bridgehead atoms. The van der Waals surface area contributed by atoms with Gasteiger partial charge in [0, 0.05) is 31.1 Å². The Morgan fingerprint density at radius 3 is 2.67 bits per heavy atom. The Kier molecular flexibility index (Phi) is 6.80. The lowest BCUT2D eigenvalue weighted by Gasteiger charge is -2.37. The highest BCUT2D eigenvalue weighted by atomic mass is 32.2. The van der Waals surface area contributed by atoms with Crippen LogP contribution in [-0.2, 0) is 9.59 Å². The fraction of sp³-hybridized carbons (Fsp3) is 0.769. The summed E-state index contributed by atoms with van der Waals surface area (Å²) in [6.07, 6.45) is -0.0647. The van der Waals surface area contributed by atoms with Crippen LogP contribution in [0.4, 0.5) is 4.79 Å². The SMILES string of the molecule is CC(C)NC(=O)CN(C)C(=O)N1CCSCC1CC(=O)O. The van der Waals surface area contributed by atoms with Gasteiger partial charge in [-0.3, -0.25) is 9.59 Å². The number of carboxylic acid groups (broad SMARTS) is 1. The highest BCUT2D eigenvalue weighted by Gasteiger charge is 2.31. The summed E-state index contributed by atoms with van der Waals surface area (Å²) < 4.78 is 0. The zero-order chi connectivity index (χ0) is 16.0. The van der Waals surface area contributed by atoms with Crippen LogP contribution in [-0.4, -0.2) is 76.5 Å². The number of aliphatic carboxylic acids is 1. The molecular weight excluding hydrogens is 294 g/mol. The number of nitrogens with one attached hydrogen (secondary N) is 1. The molecule has 0 spiro atoms. The minimum absolute atomic E-state index is 0.0205. The highest BCUT2D eigenvalue weighted by Crippen LogP contribution is 2.20. The molecule has 0 saturated carbocycles. The zero-order valence-electron chi connectivity index (χ0n) is 12.7. The van der Waals surface area contributed by atoms with E-state index in [1.54, 1.807) is 23.7 Å². The minimum atomic E-state index is -0.916. The van der Waals surface area contributed by atoms with Crippen LogP contribution in [0.3, 0.4) is 0 Å². The van der Waals surface area contributed by atoms with Crippen LogP contribution in [0.15, 0.2) is 0 Å². The van der Waals surface area contributed by atoms with E-state index >= 15 is 0 Å². The van der Waals surface area contributed by atoms with Crippen LogP contribution in [0.25, 0.3) is 0 Å². The number of carbonyl (C=O) groups excluding carboxylic acids is 2. The van der Waals surface area contributed by atoms with Crippen molar-refractivity contribution in [3.63, 3.8) is 0 Å². The van der Waals surface area contributed by atoms with Crippen molar-refractivity contribution >= 4 is 29.7 Å². The third-order valence-corrected chi connectivity index (χ3v) is 4.13. The van der Waals surface area contributed by atoms with Crippen LogP contribution in [0, 0.1) is 0 Å². The Labute approximate surface area is 129 Å². The molecule has 0 aromatic carbocycles. The largest absolute Gasteiger partial charge is 0.481 e. The van der Waals surface area contributed by atoms with E-state index in [1.807, 2.05) is 13.8 Å². The average Bonchev–Trinajstić information content (AvgIpc) is 2.36. The monoisotopic (exact) mass is 317 g/mol. The molecule has 120 valence electrons. The van der Waals surface area contributed by atoms with Crippen molar-refractivity contribution in [1.82, 2.24) is 15.1 Å². The smallest absolute Gasteiger partial charge is 0.320 e. The molecule has 1 unspecified atom stereocenters. The number of urea groups is 1. The number of hydrogen-bond acceptors (Lipinski definition) is 4. The topological polar surface area (TPSA) is 90.0 Å². The number of hydrogen-bond donors (Lipinski definition) is 2. The van der Waals surface area contributed by atoms with Gasteiger partial charge in [0.1, 0.15) is 6.54 Å². The minimum Gasteiger partial charge on any atom is -0.481 e. The van der Waals surface area contributed by atoms with E-state index in [-0.39, 0.29) is 37.0 Å². The van der Waals surface area contributed by atoms with E-state index < -0.39 is 5.97 Å². The first-order valence-electron chi connectivity index (χ1n) is 6.92. The fourth-order valence-corrected chi connectivity index (χ4v) is 3.21.